The second-order valence-corrected chi connectivity index (χ2v) is 8.69. The van der Waals surface area contributed by atoms with Gasteiger partial charge in [-0.05, 0) is 43.6 Å². The molecule has 0 spiro atoms. The summed E-state index contributed by atoms with van der Waals surface area (Å²) >= 11 is 1.72. The minimum absolute atomic E-state index is 0.378. The lowest BCUT2D eigenvalue weighted by atomic mass is 10.1. The summed E-state index contributed by atoms with van der Waals surface area (Å²) in [5.74, 6) is 5.40. The summed E-state index contributed by atoms with van der Waals surface area (Å²) in [4.78, 5) is 12.1. The first-order valence-corrected chi connectivity index (χ1v) is 11.3. The van der Waals surface area contributed by atoms with E-state index in [4.69, 9.17) is 11.6 Å². The third-order valence-electron chi connectivity index (χ3n) is 5.39. The molecule has 6 N–H and O–H groups in total. The van der Waals surface area contributed by atoms with Crippen LogP contribution in [0.5, 0.6) is 0 Å². The number of nitrogens with one attached hydrogen (secondary N) is 2. The van der Waals surface area contributed by atoms with Crippen LogP contribution in [0.4, 0.5) is 0 Å². The lowest BCUT2D eigenvalue weighted by molar-refractivity contribution is 0.111. The van der Waals surface area contributed by atoms with Crippen molar-refractivity contribution in [2.24, 2.45) is 23.7 Å². The van der Waals surface area contributed by atoms with Gasteiger partial charge in [0.15, 0.2) is 12.1 Å². The number of fused-ring (bicyclic) bond motifs is 1. The van der Waals surface area contributed by atoms with Crippen molar-refractivity contribution in [2.45, 2.75) is 31.5 Å². The molecule has 4 rings (SSSR count). The topological polar surface area (TPSA) is 132 Å². The number of nitrogens with zero attached hydrogens (tertiary/aromatic N) is 5. The van der Waals surface area contributed by atoms with Gasteiger partial charge in [0.05, 0.1) is 24.5 Å². The first kappa shape index (κ1) is 24.5. The number of carbonyl (C=O) groups is 1. The van der Waals surface area contributed by atoms with Crippen molar-refractivity contribution < 1.29 is 4.79 Å². The zero-order valence-electron chi connectivity index (χ0n) is 19.2. The predicted octanol–water partition coefficient (Wildman–Crippen LogP) is 1.36. The third-order valence-corrected chi connectivity index (χ3v) is 6.57. The van der Waals surface area contributed by atoms with Crippen LogP contribution >= 0.6 is 11.9 Å². The molecule has 0 unspecified atom stereocenters. The van der Waals surface area contributed by atoms with Crippen LogP contribution in [-0.2, 0) is 26.7 Å². The van der Waals surface area contributed by atoms with E-state index in [1.54, 1.807) is 11.9 Å². The number of rotatable bonds is 7. The van der Waals surface area contributed by atoms with E-state index in [-0.39, 0.29) is 0 Å². The van der Waals surface area contributed by atoms with E-state index in [0.29, 0.717) is 5.84 Å². The minimum atomic E-state index is 0.378. The van der Waals surface area contributed by atoms with Crippen LogP contribution in [-0.4, -0.2) is 44.4 Å². The summed E-state index contributed by atoms with van der Waals surface area (Å²) in [5, 5.41) is 11.0. The number of benzene rings is 1. The summed E-state index contributed by atoms with van der Waals surface area (Å²) in [6.07, 6.45) is 2.75. The van der Waals surface area contributed by atoms with Crippen LogP contribution in [0.25, 0.3) is 0 Å². The van der Waals surface area contributed by atoms with Gasteiger partial charge in [-0.15, -0.1) is 5.10 Å². The van der Waals surface area contributed by atoms with E-state index in [2.05, 4.69) is 31.4 Å². The van der Waals surface area contributed by atoms with Crippen LogP contribution in [0.15, 0.2) is 52.6 Å². The Labute approximate surface area is 198 Å². The van der Waals surface area contributed by atoms with Crippen molar-refractivity contribution in [1.29, 1.82) is 0 Å². The van der Waals surface area contributed by atoms with Crippen LogP contribution in [0.2, 0.25) is 0 Å². The Morgan fingerprint density at radius 1 is 1.27 bits per heavy atom. The summed E-state index contributed by atoms with van der Waals surface area (Å²) in [6.45, 7) is 5.65. The highest BCUT2D eigenvalue weighted by atomic mass is 32.2. The highest BCUT2D eigenvalue weighted by Gasteiger charge is 2.19. The largest absolute Gasteiger partial charge is 0.382 e. The standard InChI is InChI=1S/C13H16N4OS.C9H15N5/c1-10-13(7-12(9-18)15(10)2)19-16-5-6-17-11(8-16)3-4-14-17;1-12-6-7-2-4-8(5-3-7)9(10)13-14-11/h3-4,7,9H,5-6,8H2,1-2H3;2-5,12,14H,6,11H2,1H3,(H2,10,13). The maximum atomic E-state index is 11.0. The third kappa shape index (κ3) is 6.23. The molecule has 0 atom stereocenters. The lowest BCUT2D eigenvalue weighted by Crippen LogP contribution is -2.28. The molecule has 2 aromatic heterocycles. The Bertz CT molecular complexity index is 1090. The number of amidine groups is 1. The number of hydrazine groups is 1. The van der Waals surface area contributed by atoms with E-state index in [0.717, 1.165) is 54.3 Å². The molecule has 176 valence electrons. The van der Waals surface area contributed by atoms with E-state index < -0.39 is 0 Å². The van der Waals surface area contributed by atoms with Gasteiger partial charge in [0.25, 0.3) is 0 Å². The first-order valence-electron chi connectivity index (χ1n) is 10.5. The minimum Gasteiger partial charge on any atom is -0.382 e. The average molecular weight is 470 g/mol. The zero-order chi connectivity index (χ0) is 23.8. The Hall–Kier alpha value is -3.12. The number of hydrogen-bond acceptors (Lipinski definition) is 8. The molecule has 0 amide bonds. The van der Waals surface area contributed by atoms with Crippen LogP contribution in [0.3, 0.4) is 0 Å². The smallest absolute Gasteiger partial charge is 0.166 e. The van der Waals surface area contributed by atoms with Crippen molar-refractivity contribution in [3.8, 4) is 0 Å². The molecule has 0 saturated heterocycles. The van der Waals surface area contributed by atoms with Gasteiger partial charge in [-0.2, -0.15) is 5.10 Å². The fraction of sp³-hybridized carbons (Fsp3) is 0.318. The molecule has 1 aromatic carbocycles. The Kier molecular flexibility index (Phi) is 8.66. The van der Waals surface area contributed by atoms with Gasteiger partial charge in [-0.25, -0.2) is 15.7 Å². The Morgan fingerprint density at radius 2 is 2.03 bits per heavy atom. The van der Waals surface area contributed by atoms with Crippen LogP contribution in [0.1, 0.15) is 33.0 Å². The predicted molar refractivity (Wildman–Crippen MR) is 131 cm³/mol. The number of nitrogens with two attached hydrogens (primary N) is 2. The fourth-order valence-electron chi connectivity index (χ4n) is 3.41. The molecule has 0 radical (unpaired) electrons. The molecule has 0 bridgehead atoms. The summed E-state index contributed by atoms with van der Waals surface area (Å²) < 4.78 is 6.29. The number of aldehydes is 1. The van der Waals surface area contributed by atoms with Crippen molar-refractivity contribution in [3.63, 3.8) is 0 Å². The number of hydrogen-bond donors (Lipinski definition) is 4. The molecule has 11 heteroatoms. The van der Waals surface area contributed by atoms with E-state index >= 15 is 0 Å². The van der Waals surface area contributed by atoms with Gasteiger partial charge in [0.2, 0.25) is 0 Å². The second-order valence-electron chi connectivity index (χ2n) is 7.55. The van der Waals surface area contributed by atoms with Gasteiger partial charge >= 0.3 is 0 Å². The van der Waals surface area contributed by atoms with Gasteiger partial charge in [-0.1, -0.05) is 24.3 Å². The molecule has 0 fully saturated rings. The maximum absolute atomic E-state index is 11.0. The molecular formula is C22H31N9OS. The van der Waals surface area contributed by atoms with Crippen molar-refractivity contribution >= 4 is 24.1 Å². The van der Waals surface area contributed by atoms with E-state index in [9.17, 15) is 4.79 Å². The Morgan fingerprint density at radius 3 is 2.67 bits per heavy atom. The molecule has 3 aromatic rings. The summed E-state index contributed by atoms with van der Waals surface area (Å²) in [5.41, 5.74) is 12.9. The summed E-state index contributed by atoms with van der Waals surface area (Å²) in [6, 6.07) is 11.8. The van der Waals surface area contributed by atoms with Crippen molar-refractivity contribution in [1.82, 2.24) is 29.5 Å². The van der Waals surface area contributed by atoms with Crippen molar-refractivity contribution in [2.75, 3.05) is 13.6 Å². The second kappa shape index (κ2) is 11.7. The van der Waals surface area contributed by atoms with Gasteiger partial charge in [0, 0.05) is 42.5 Å². The van der Waals surface area contributed by atoms with Crippen LogP contribution in [0, 0.1) is 6.92 Å². The number of hydrazone groups is 1. The van der Waals surface area contributed by atoms with Crippen LogP contribution < -0.4 is 22.4 Å². The normalized spacial score (nSPS) is 13.8. The molecule has 3 heterocycles. The monoisotopic (exact) mass is 469 g/mol. The van der Waals surface area contributed by atoms with E-state index in [1.165, 1.54) is 11.3 Å². The highest BCUT2D eigenvalue weighted by Crippen LogP contribution is 2.30. The quantitative estimate of drug-likeness (QED) is 0.102. The maximum Gasteiger partial charge on any atom is 0.166 e. The number of aromatic nitrogens is 3. The summed E-state index contributed by atoms with van der Waals surface area (Å²) in [7, 11) is 3.83. The molecule has 1 aliphatic rings. The average Bonchev–Trinajstić information content (AvgIpc) is 3.40. The van der Waals surface area contributed by atoms with Gasteiger partial charge < -0.3 is 15.6 Å². The Balaban J connectivity index is 0.000000196. The molecule has 0 aliphatic carbocycles. The fourth-order valence-corrected chi connectivity index (χ4v) is 4.50. The number of carbonyl (C=O) groups excluding carboxylic acids is 1. The SMILES string of the molecule is CNCc1ccc(/C(N)=N/NN)cc1.Cc1c(SN2CCn3nccc3C2)cc(C=O)n1C. The van der Waals surface area contributed by atoms with E-state index in [1.807, 2.05) is 66.8 Å². The molecule has 10 nitrogen and oxygen atoms in total. The lowest BCUT2D eigenvalue weighted by Gasteiger charge is -2.26. The molecular weight excluding hydrogens is 438 g/mol. The van der Waals surface area contributed by atoms with Crippen molar-refractivity contribution in [3.05, 3.63) is 70.8 Å². The highest BCUT2D eigenvalue weighted by molar-refractivity contribution is 7.97. The first-order chi connectivity index (χ1) is 16.0. The van der Waals surface area contributed by atoms with Gasteiger partial charge in [0.1, 0.15) is 0 Å². The molecule has 0 saturated carbocycles. The molecule has 33 heavy (non-hydrogen) atoms. The molecule has 1 aliphatic heterocycles. The zero-order valence-corrected chi connectivity index (χ0v) is 20.0. The van der Waals surface area contributed by atoms with Gasteiger partial charge in [-0.3, -0.25) is 9.48 Å².